The van der Waals surface area contributed by atoms with Crippen molar-refractivity contribution in [2.24, 2.45) is 0 Å². The highest BCUT2D eigenvalue weighted by molar-refractivity contribution is 9.10. The molecule has 9 heteroatoms. The molecule has 0 spiro atoms. The number of carbonyl (C=O) groups is 1. The second-order valence-corrected chi connectivity index (χ2v) is 7.13. The summed E-state index contributed by atoms with van der Waals surface area (Å²) in [5.41, 5.74) is 0.218. The lowest BCUT2D eigenvalue weighted by Crippen LogP contribution is -2.14. The Bertz CT molecular complexity index is 817. The van der Waals surface area contributed by atoms with Crippen LogP contribution in [0.3, 0.4) is 0 Å². The average molecular weight is 394 g/mol. The number of halogens is 2. The number of carboxylic acid groups (broad SMARTS) is 1. The summed E-state index contributed by atoms with van der Waals surface area (Å²) in [6, 6.07) is 4.10. The number of hydrogen-bond donors (Lipinski definition) is 3. The van der Waals surface area contributed by atoms with E-state index in [9.17, 15) is 13.2 Å². The van der Waals surface area contributed by atoms with Crippen molar-refractivity contribution in [1.82, 2.24) is 4.98 Å². The lowest BCUT2D eigenvalue weighted by Gasteiger charge is -2.08. The summed E-state index contributed by atoms with van der Waals surface area (Å²) in [6.45, 7) is 1.54. The lowest BCUT2D eigenvalue weighted by molar-refractivity contribution is 0.0697. The molecule has 3 N–H and O–H groups in total. The van der Waals surface area contributed by atoms with Crippen molar-refractivity contribution >= 4 is 49.2 Å². The summed E-state index contributed by atoms with van der Waals surface area (Å²) in [6.07, 6.45) is 1.29. The SMILES string of the molecule is Cc1[nH]cc(NS(=O)(=O)c2ccc(Cl)c(Br)c2)c1C(=O)O. The number of rotatable bonds is 4. The molecule has 1 aromatic carbocycles. The first-order valence-electron chi connectivity index (χ1n) is 5.61. The van der Waals surface area contributed by atoms with Gasteiger partial charge in [0.05, 0.1) is 15.6 Å². The lowest BCUT2D eigenvalue weighted by atomic mass is 10.2. The zero-order valence-electron chi connectivity index (χ0n) is 10.6. The standard InChI is InChI=1S/C12H10BrClN2O4S/c1-6-11(12(17)18)10(5-15-6)16-21(19,20)7-2-3-9(14)8(13)4-7/h2-5,15-16H,1H3,(H,17,18). The molecule has 0 fully saturated rings. The molecule has 1 aromatic heterocycles. The molecule has 0 saturated carbocycles. The number of aromatic nitrogens is 1. The molecule has 112 valence electrons. The number of hydrogen-bond acceptors (Lipinski definition) is 3. The van der Waals surface area contributed by atoms with E-state index in [1.807, 2.05) is 0 Å². The van der Waals surface area contributed by atoms with Gasteiger partial charge in [0.2, 0.25) is 0 Å². The fourth-order valence-corrected chi connectivity index (χ4v) is 3.47. The van der Waals surface area contributed by atoms with Crippen molar-refractivity contribution in [2.45, 2.75) is 11.8 Å². The first-order valence-corrected chi connectivity index (χ1v) is 8.27. The van der Waals surface area contributed by atoms with Crippen LogP contribution in [0, 0.1) is 6.92 Å². The maximum atomic E-state index is 12.3. The molecule has 0 aliphatic rings. The van der Waals surface area contributed by atoms with Crippen LogP contribution in [0.4, 0.5) is 5.69 Å². The minimum absolute atomic E-state index is 0.0222. The molecule has 0 saturated heterocycles. The van der Waals surface area contributed by atoms with Gasteiger partial charge in [-0.25, -0.2) is 13.2 Å². The van der Waals surface area contributed by atoms with E-state index in [0.29, 0.717) is 15.2 Å². The Morgan fingerprint density at radius 2 is 2.10 bits per heavy atom. The van der Waals surface area contributed by atoms with Crippen LogP contribution in [-0.4, -0.2) is 24.5 Å². The normalized spacial score (nSPS) is 11.4. The van der Waals surface area contributed by atoms with Gasteiger partial charge in [-0.1, -0.05) is 11.6 Å². The first kappa shape index (κ1) is 15.9. The van der Waals surface area contributed by atoms with E-state index in [0.717, 1.165) is 0 Å². The maximum Gasteiger partial charge on any atom is 0.339 e. The molecule has 2 rings (SSSR count). The second-order valence-electron chi connectivity index (χ2n) is 4.19. The van der Waals surface area contributed by atoms with Crippen molar-refractivity contribution in [2.75, 3.05) is 4.72 Å². The Morgan fingerprint density at radius 3 is 2.67 bits per heavy atom. The van der Waals surface area contributed by atoms with Crippen LogP contribution < -0.4 is 4.72 Å². The van der Waals surface area contributed by atoms with E-state index >= 15 is 0 Å². The van der Waals surface area contributed by atoms with Crippen molar-refractivity contribution in [3.63, 3.8) is 0 Å². The minimum Gasteiger partial charge on any atom is -0.478 e. The molecule has 0 amide bonds. The Morgan fingerprint density at radius 1 is 1.43 bits per heavy atom. The fourth-order valence-electron chi connectivity index (χ4n) is 1.73. The number of benzene rings is 1. The van der Waals surface area contributed by atoms with Crippen LogP contribution in [0.2, 0.25) is 5.02 Å². The van der Waals surface area contributed by atoms with Crippen molar-refractivity contribution in [1.29, 1.82) is 0 Å². The predicted molar refractivity (Wildman–Crippen MR) is 82.4 cm³/mol. The third kappa shape index (κ3) is 3.22. The third-order valence-electron chi connectivity index (χ3n) is 2.74. The molecule has 0 aliphatic heterocycles. The van der Waals surface area contributed by atoms with Crippen LogP contribution in [0.25, 0.3) is 0 Å². The van der Waals surface area contributed by atoms with Gasteiger partial charge in [-0.2, -0.15) is 0 Å². The maximum absolute atomic E-state index is 12.3. The number of aromatic carboxylic acids is 1. The molecular formula is C12H10BrClN2O4S. The Hall–Kier alpha value is -1.51. The number of aromatic amines is 1. The van der Waals surface area contributed by atoms with Crippen molar-refractivity contribution < 1.29 is 18.3 Å². The topological polar surface area (TPSA) is 99.3 Å². The van der Waals surface area contributed by atoms with E-state index in [-0.39, 0.29) is 16.1 Å². The largest absolute Gasteiger partial charge is 0.478 e. The zero-order chi connectivity index (χ0) is 15.8. The van der Waals surface area contributed by atoms with Crippen LogP contribution >= 0.6 is 27.5 Å². The van der Waals surface area contributed by atoms with Gasteiger partial charge in [-0.3, -0.25) is 4.72 Å². The number of nitrogens with one attached hydrogen (secondary N) is 2. The molecule has 0 radical (unpaired) electrons. The molecule has 6 nitrogen and oxygen atoms in total. The Labute approximate surface area is 134 Å². The summed E-state index contributed by atoms with van der Waals surface area (Å²) < 4.78 is 27.2. The van der Waals surface area contributed by atoms with E-state index in [4.69, 9.17) is 16.7 Å². The highest BCUT2D eigenvalue weighted by Crippen LogP contribution is 2.27. The second kappa shape index (κ2) is 5.70. The summed E-state index contributed by atoms with van der Waals surface area (Å²) in [7, 11) is -3.92. The van der Waals surface area contributed by atoms with E-state index < -0.39 is 16.0 Å². The highest BCUT2D eigenvalue weighted by atomic mass is 79.9. The third-order valence-corrected chi connectivity index (χ3v) is 5.31. The summed E-state index contributed by atoms with van der Waals surface area (Å²) in [5.74, 6) is -1.22. The Kier molecular flexibility index (Phi) is 4.31. The van der Waals surface area contributed by atoms with Crippen LogP contribution in [0.5, 0.6) is 0 Å². The number of anilines is 1. The number of H-pyrrole nitrogens is 1. The molecule has 1 heterocycles. The van der Waals surface area contributed by atoms with Gasteiger partial charge in [0.15, 0.2) is 0 Å². The molecule has 0 aliphatic carbocycles. The van der Waals surface area contributed by atoms with Gasteiger partial charge in [-0.05, 0) is 41.1 Å². The molecule has 0 atom stereocenters. The predicted octanol–water partition coefficient (Wildman–Crippen LogP) is 3.24. The van der Waals surface area contributed by atoms with Crippen molar-refractivity contribution in [3.05, 3.63) is 45.1 Å². The molecule has 0 bridgehead atoms. The number of sulfonamides is 1. The zero-order valence-corrected chi connectivity index (χ0v) is 13.8. The first-order chi connectivity index (χ1) is 9.72. The van der Waals surface area contributed by atoms with E-state index in [1.54, 1.807) is 6.92 Å². The summed E-state index contributed by atoms with van der Waals surface area (Å²) in [5, 5.41) is 9.48. The van der Waals surface area contributed by atoms with Gasteiger partial charge in [0, 0.05) is 16.4 Å². The van der Waals surface area contributed by atoms with E-state index in [1.165, 1.54) is 24.4 Å². The average Bonchev–Trinajstić information content (AvgIpc) is 2.73. The molecule has 0 unspecified atom stereocenters. The summed E-state index contributed by atoms with van der Waals surface area (Å²) in [4.78, 5) is 13.8. The van der Waals surface area contributed by atoms with Gasteiger partial charge in [0.1, 0.15) is 5.56 Å². The van der Waals surface area contributed by atoms with Gasteiger partial charge < -0.3 is 10.1 Å². The number of aryl methyl sites for hydroxylation is 1. The number of carboxylic acids is 1. The molecule has 21 heavy (non-hydrogen) atoms. The Balaban J connectivity index is 2.42. The minimum atomic E-state index is -3.92. The van der Waals surface area contributed by atoms with E-state index in [2.05, 4.69) is 25.6 Å². The van der Waals surface area contributed by atoms with Crippen molar-refractivity contribution in [3.8, 4) is 0 Å². The van der Waals surface area contributed by atoms with Crippen LogP contribution in [0.15, 0.2) is 33.8 Å². The molecular weight excluding hydrogens is 384 g/mol. The smallest absolute Gasteiger partial charge is 0.339 e. The fraction of sp³-hybridized carbons (Fsp3) is 0.0833. The van der Waals surface area contributed by atoms with Gasteiger partial charge >= 0.3 is 5.97 Å². The highest BCUT2D eigenvalue weighted by Gasteiger charge is 2.21. The quantitative estimate of drug-likeness (QED) is 0.742. The monoisotopic (exact) mass is 392 g/mol. The summed E-state index contributed by atoms with van der Waals surface area (Å²) >= 11 is 8.96. The van der Waals surface area contributed by atoms with Gasteiger partial charge in [-0.15, -0.1) is 0 Å². The van der Waals surface area contributed by atoms with Gasteiger partial charge in [0.25, 0.3) is 10.0 Å². The van der Waals surface area contributed by atoms with Crippen LogP contribution in [-0.2, 0) is 10.0 Å². The molecule has 2 aromatic rings. The van der Waals surface area contributed by atoms with Crippen LogP contribution in [0.1, 0.15) is 16.1 Å².